The minimum atomic E-state index is -0.328. The normalized spacial score (nSPS) is 17.6. The third-order valence-corrected chi connectivity index (χ3v) is 4.99. The van der Waals surface area contributed by atoms with Gasteiger partial charge in [0.2, 0.25) is 0 Å². The molecule has 0 aromatic heterocycles. The number of rotatable bonds is 5. The molecule has 1 atom stereocenters. The van der Waals surface area contributed by atoms with Crippen LogP contribution in [0.25, 0.3) is 11.6 Å². The van der Waals surface area contributed by atoms with E-state index in [2.05, 4.69) is 37.2 Å². The number of hydrogen-bond acceptors (Lipinski definition) is 4. The van der Waals surface area contributed by atoms with Gasteiger partial charge in [0.05, 0.1) is 12.7 Å². The molecule has 0 heterocycles. The number of halogens is 1. The Bertz CT molecular complexity index is 918. The van der Waals surface area contributed by atoms with Crippen LogP contribution in [-0.4, -0.2) is 43.7 Å². The lowest BCUT2D eigenvalue weighted by molar-refractivity contribution is 0.0600. The van der Waals surface area contributed by atoms with Gasteiger partial charge in [-0.3, -0.25) is 0 Å². The second-order valence-electron chi connectivity index (χ2n) is 7.48. The van der Waals surface area contributed by atoms with Crippen LogP contribution in [0.4, 0.5) is 0 Å². The molecule has 4 nitrogen and oxygen atoms in total. The number of methoxy groups -OCH3 is 1. The molecule has 1 aliphatic carbocycles. The number of nitrogens with zero attached hydrogens (tertiary/aromatic N) is 1. The van der Waals surface area contributed by atoms with Crippen molar-refractivity contribution < 1.29 is 14.6 Å². The molecule has 1 N–H and O–H groups in total. The number of benzene rings is 2. The van der Waals surface area contributed by atoms with Crippen molar-refractivity contribution in [1.29, 1.82) is 0 Å². The molecule has 1 unspecified atom stereocenters. The van der Waals surface area contributed by atoms with Gasteiger partial charge in [-0.15, -0.1) is 12.4 Å². The molecule has 0 aliphatic heterocycles. The highest BCUT2D eigenvalue weighted by Gasteiger charge is 2.22. The minimum Gasteiger partial charge on any atom is -0.508 e. The topological polar surface area (TPSA) is 49.8 Å². The van der Waals surface area contributed by atoms with Gasteiger partial charge in [0.1, 0.15) is 5.75 Å². The predicted octanol–water partition coefficient (Wildman–Crippen LogP) is 5.04. The maximum absolute atomic E-state index is 11.8. The highest BCUT2D eigenvalue weighted by atomic mass is 35.5. The largest absolute Gasteiger partial charge is 0.508 e. The fourth-order valence-corrected chi connectivity index (χ4v) is 3.72. The summed E-state index contributed by atoms with van der Waals surface area (Å²) in [6, 6.07) is 14.9. The van der Waals surface area contributed by atoms with Gasteiger partial charge in [-0.2, -0.15) is 0 Å². The summed E-state index contributed by atoms with van der Waals surface area (Å²) in [5.74, 6) is 0.366. The molecule has 0 saturated carbocycles. The van der Waals surface area contributed by atoms with Crippen LogP contribution < -0.4 is 0 Å². The van der Waals surface area contributed by atoms with Gasteiger partial charge in [0, 0.05) is 6.54 Å². The lowest BCUT2D eigenvalue weighted by Gasteiger charge is -2.28. The molecule has 0 bridgehead atoms. The van der Waals surface area contributed by atoms with Crippen LogP contribution >= 0.6 is 12.4 Å². The maximum Gasteiger partial charge on any atom is 0.337 e. The molecule has 0 spiro atoms. The van der Waals surface area contributed by atoms with E-state index in [1.54, 1.807) is 12.1 Å². The Labute approximate surface area is 178 Å². The third kappa shape index (κ3) is 5.96. The van der Waals surface area contributed by atoms with Crippen LogP contribution in [0.3, 0.4) is 0 Å². The molecular weight excluding hydrogens is 386 g/mol. The number of phenols is 1. The highest BCUT2D eigenvalue weighted by molar-refractivity contribution is 5.90. The van der Waals surface area contributed by atoms with Crippen LogP contribution in [0.2, 0.25) is 0 Å². The van der Waals surface area contributed by atoms with Crippen molar-refractivity contribution in [3.05, 3.63) is 76.9 Å². The molecule has 3 rings (SSSR count). The lowest BCUT2D eigenvalue weighted by atomic mass is 9.81. The molecule has 29 heavy (non-hydrogen) atoms. The smallest absolute Gasteiger partial charge is 0.337 e. The zero-order valence-corrected chi connectivity index (χ0v) is 17.9. The fraction of sp³-hybridized carbons (Fsp3) is 0.292. The average Bonchev–Trinajstić information content (AvgIpc) is 2.68. The quantitative estimate of drug-likeness (QED) is 0.697. The third-order valence-electron chi connectivity index (χ3n) is 4.99. The van der Waals surface area contributed by atoms with Gasteiger partial charge in [-0.1, -0.05) is 36.4 Å². The Hall–Kier alpha value is -2.56. The van der Waals surface area contributed by atoms with Gasteiger partial charge in [-0.05, 0) is 79.4 Å². The SMILES string of the molecule is COC(=O)c1cccc(/C=C2/C=C(c3cccc(O)c3)C(CN(C)C)CC2)c1.Cl. The van der Waals surface area contributed by atoms with Crippen molar-refractivity contribution in [3.63, 3.8) is 0 Å². The Kier molecular flexibility index (Phi) is 8.06. The summed E-state index contributed by atoms with van der Waals surface area (Å²) in [6.07, 6.45) is 6.38. The molecule has 0 amide bonds. The Balaban J connectivity index is 0.00000300. The molecule has 2 aromatic carbocycles. The van der Waals surface area contributed by atoms with E-state index in [-0.39, 0.29) is 24.1 Å². The number of ether oxygens (including phenoxy) is 1. The maximum atomic E-state index is 11.8. The second kappa shape index (κ2) is 10.3. The number of allylic oxidation sites excluding steroid dienone is 2. The van der Waals surface area contributed by atoms with Gasteiger partial charge in [-0.25, -0.2) is 4.79 Å². The molecule has 0 fully saturated rings. The average molecular weight is 414 g/mol. The van der Waals surface area contributed by atoms with Gasteiger partial charge in [0.15, 0.2) is 0 Å². The molecule has 1 aliphatic rings. The first-order chi connectivity index (χ1) is 13.5. The highest BCUT2D eigenvalue weighted by Crippen LogP contribution is 2.36. The monoisotopic (exact) mass is 413 g/mol. The summed E-state index contributed by atoms with van der Waals surface area (Å²) in [7, 11) is 5.57. The minimum absolute atomic E-state index is 0. The van der Waals surface area contributed by atoms with E-state index in [0.717, 1.165) is 30.5 Å². The Morgan fingerprint density at radius 1 is 1.21 bits per heavy atom. The first kappa shape index (κ1) is 22.7. The van der Waals surface area contributed by atoms with Gasteiger partial charge >= 0.3 is 5.97 Å². The van der Waals surface area contributed by atoms with Crippen LogP contribution in [0.1, 0.15) is 34.3 Å². The van der Waals surface area contributed by atoms with Gasteiger partial charge in [0.25, 0.3) is 0 Å². The number of esters is 1. The number of carbonyl (C=O) groups excluding carboxylic acids is 1. The number of hydrogen-bond donors (Lipinski definition) is 1. The molecule has 154 valence electrons. The summed E-state index contributed by atoms with van der Waals surface area (Å²) < 4.78 is 4.82. The molecule has 0 radical (unpaired) electrons. The summed E-state index contributed by atoms with van der Waals surface area (Å²) >= 11 is 0. The number of aromatic hydroxyl groups is 1. The van der Waals surface area contributed by atoms with E-state index in [0.29, 0.717) is 11.5 Å². The molecule has 2 aromatic rings. The van der Waals surface area contributed by atoms with E-state index < -0.39 is 0 Å². The summed E-state index contributed by atoms with van der Waals surface area (Å²) in [6.45, 7) is 0.965. The van der Waals surface area contributed by atoms with Crippen molar-refractivity contribution in [2.45, 2.75) is 12.8 Å². The van der Waals surface area contributed by atoms with Crippen molar-refractivity contribution in [3.8, 4) is 5.75 Å². The van der Waals surface area contributed by atoms with Crippen molar-refractivity contribution in [2.24, 2.45) is 5.92 Å². The van der Waals surface area contributed by atoms with E-state index in [9.17, 15) is 9.90 Å². The van der Waals surface area contributed by atoms with E-state index in [1.165, 1.54) is 18.3 Å². The van der Waals surface area contributed by atoms with Crippen molar-refractivity contribution in [2.75, 3.05) is 27.7 Å². The van der Waals surface area contributed by atoms with Crippen LogP contribution in [0.5, 0.6) is 5.75 Å². The second-order valence-corrected chi connectivity index (χ2v) is 7.48. The van der Waals surface area contributed by atoms with E-state index in [1.807, 2.05) is 30.3 Å². The Morgan fingerprint density at radius 3 is 2.66 bits per heavy atom. The van der Waals surface area contributed by atoms with Crippen LogP contribution in [-0.2, 0) is 4.74 Å². The van der Waals surface area contributed by atoms with Crippen molar-refractivity contribution >= 4 is 30.0 Å². The number of phenolic OH excluding ortho intramolecular Hbond substituents is 1. The van der Waals surface area contributed by atoms with Crippen LogP contribution in [0.15, 0.2) is 60.2 Å². The molecular formula is C24H28ClNO3. The summed E-state index contributed by atoms with van der Waals surface area (Å²) in [5.41, 5.74) is 5.05. The summed E-state index contributed by atoms with van der Waals surface area (Å²) in [5, 5.41) is 9.92. The predicted molar refractivity (Wildman–Crippen MR) is 120 cm³/mol. The molecule has 0 saturated heterocycles. The lowest BCUT2D eigenvalue weighted by Crippen LogP contribution is -2.24. The number of carbonyl (C=O) groups is 1. The van der Waals surface area contributed by atoms with E-state index >= 15 is 0 Å². The van der Waals surface area contributed by atoms with Gasteiger partial charge < -0.3 is 14.7 Å². The zero-order valence-electron chi connectivity index (χ0n) is 17.1. The van der Waals surface area contributed by atoms with Crippen LogP contribution in [0, 0.1) is 5.92 Å². The molecule has 5 heteroatoms. The fourth-order valence-electron chi connectivity index (χ4n) is 3.72. The summed E-state index contributed by atoms with van der Waals surface area (Å²) in [4.78, 5) is 14.0. The van der Waals surface area contributed by atoms with E-state index in [4.69, 9.17) is 4.74 Å². The standard InChI is InChI=1S/C24H27NO3.ClH/c1-25(2)16-21-11-10-18(14-23(21)19-7-5-9-22(26)15-19)12-17-6-4-8-20(13-17)24(27)28-3;/h4-9,12-15,21,26H,10-11,16H2,1-3H3;1H/b18-12+;. The zero-order chi connectivity index (χ0) is 20.1. The van der Waals surface area contributed by atoms with Crippen molar-refractivity contribution in [1.82, 2.24) is 4.90 Å². The first-order valence-corrected chi connectivity index (χ1v) is 9.51. The first-order valence-electron chi connectivity index (χ1n) is 9.51. The Morgan fingerprint density at radius 2 is 1.97 bits per heavy atom.